The van der Waals surface area contributed by atoms with Gasteiger partial charge in [-0.1, -0.05) is 31.2 Å². The van der Waals surface area contributed by atoms with Gasteiger partial charge in [0.25, 0.3) is 5.91 Å². The van der Waals surface area contributed by atoms with E-state index in [1.807, 2.05) is 31.2 Å². The Balaban J connectivity index is 2.39. The number of carbonyl (C=O) groups excluding carboxylic acids is 1. The molecule has 2 aromatic carbocycles. The van der Waals surface area contributed by atoms with E-state index in [9.17, 15) is 9.90 Å². The summed E-state index contributed by atoms with van der Waals surface area (Å²) in [5.41, 5.74) is 0.495. The first-order valence-electron chi connectivity index (χ1n) is 5.72. The molecule has 0 spiro atoms. The molecule has 0 saturated heterocycles. The molecule has 0 radical (unpaired) electrons. The highest BCUT2D eigenvalue weighted by molar-refractivity contribution is 6.00. The lowest BCUT2D eigenvalue weighted by Gasteiger charge is -2.06. The van der Waals surface area contributed by atoms with E-state index in [-0.39, 0.29) is 11.7 Å². The summed E-state index contributed by atoms with van der Waals surface area (Å²) in [7, 11) is 0. The molecule has 17 heavy (non-hydrogen) atoms. The van der Waals surface area contributed by atoms with Gasteiger partial charge in [0.1, 0.15) is 5.75 Å². The first-order valence-corrected chi connectivity index (χ1v) is 5.72. The van der Waals surface area contributed by atoms with Gasteiger partial charge in [0.2, 0.25) is 0 Å². The Hall–Kier alpha value is -2.03. The van der Waals surface area contributed by atoms with E-state index >= 15 is 0 Å². The first kappa shape index (κ1) is 11.5. The third kappa shape index (κ3) is 2.38. The molecule has 88 valence electrons. The number of phenolic OH excluding ortho intramolecular Hbond substituents is 1. The van der Waals surface area contributed by atoms with Gasteiger partial charge in [-0.05, 0) is 23.9 Å². The normalized spacial score (nSPS) is 10.4. The van der Waals surface area contributed by atoms with E-state index < -0.39 is 0 Å². The summed E-state index contributed by atoms with van der Waals surface area (Å²) in [5, 5.41) is 14.3. The minimum Gasteiger partial charge on any atom is -0.507 e. The summed E-state index contributed by atoms with van der Waals surface area (Å²) in [6.45, 7) is 2.64. The summed E-state index contributed by atoms with van der Waals surface area (Å²) < 4.78 is 0. The van der Waals surface area contributed by atoms with Gasteiger partial charge in [-0.3, -0.25) is 4.79 Å². The highest BCUT2D eigenvalue weighted by Gasteiger charge is 2.08. The number of hydrogen-bond donors (Lipinski definition) is 2. The van der Waals surface area contributed by atoms with Crippen molar-refractivity contribution >= 4 is 16.7 Å². The van der Waals surface area contributed by atoms with Crippen molar-refractivity contribution in [2.45, 2.75) is 13.3 Å². The Kier molecular flexibility index (Phi) is 3.28. The quantitative estimate of drug-likeness (QED) is 0.850. The summed E-state index contributed by atoms with van der Waals surface area (Å²) in [4.78, 5) is 11.8. The van der Waals surface area contributed by atoms with Crippen molar-refractivity contribution in [1.29, 1.82) is 0 Å². The van der Waals surface area contributed by atoms with Crippen LogP contribution in [0.1, 0.15) is 23.7 Å². The molecule has 3 nitrogen and oxygen atoms in total. The van der Waals surface area contributed by atoms with Gasteiger partial charge in [0, 0.05) is 17.5 Å². The Labute approximate surface area is 100 Å². The number of amides is 1. The van der Waals surface area contributed by atoms with Crippen LogP contribution in [-0.4, -0.2) is 17.6 Å². The molecule has 1 amide bonds. The lowest BCUT2D eigenvalue weighted by molar-refractivity contribution is 0.0953. The number of phenols is 1. The van der Waals surface area contributed by atoms with E-state index in [1.165, 1.54) is 6.07 Å². The highest BCUT2D eigenvalue weighted by Crippen LogP contribution is 2.26. The molecule has 0 aliphatic carbocycles. The predicted molar refractivity (Wildman–Crippen MR) is 68.2 cm³/mol. The van der Waals surface area contributed by atoms with E-state index in [1.54, 1.807) is 6.07 Å². The van der Waals surface area contributed by atoms with Gasteiger partial charge < -0.3 is 10.4 Å². The van der Waals surface area contributed by atoms with Gasteiger partial charge in [0.05, 0.1) is 0 Å². The van der Waals surface area contributed by atoms with E-state index in [4.69, 9.17) is 0 Å². The fourth-order valence-corrected chi connectivity index (χ4v) is 1.76. The van der Waals surface area contributed by atoms with Crippen LogP contribution in [0.4, 0.5) is 0 Å². The van der Waals surface area contributed by atoms with Crippen LogP contribution in [0.3, 0.4) is 0 Å². The van der Waals surface area contributed by atoms with Crippen LogP contribution >= 0.6 is 0 Å². The minimum absolute atomic E-state index is 0.143. The van der Waals surface area contributed by atoms with Crippen LogP contribution in [0.2, 0.25) is 0 Å². The molecule has 0 bridgehead atoms. The summed E-state index contributed by atoms with van der Waals surface area (Å²) in [6, 6.07) is 10.8. The molecular weight excluding hydrogens is 214 g/mol. The Bertz CT molecular complexity index is 549. The van der Waals surface area contributed by atoms with E-state index in [0.29, 0.717) is 12.1 Å². The molecule has 0 heterocycles. The van der Waals surface area contributed by atoms with Crippen molar-refractivity contribution < 1.29 is 9.90 Å². The Morgan fingerprint density at radius 2 is 2.06 bits per heavy atom. The number of benzene rings is 2. The van der Waals surface area contributed by atoms with Gasteiger partial charge in [-0.2, -0.15) is 0 Å². The Morgan fingerprint density at radius 3 is 2.82 bits per heavy atom. The average Bonchev–Trinajstić information content (AvgIpc) is 2.36. The molecule has 0 unspecified atom stereocenters. The smallest absolute Gasteiger partial charge is 0.251 e. The Morgan fingerprint density at radius 1 is 1.29 bits per heavy atom. The van der Waals surface area contributed by atoms with Gasteiger partial charge in [0.15, 0.2) is 0 Å². The summed E-state index contributed by atoms with van der Waals surface area (Å²) in [5.74, 6) is -0.00217. The van der Waals surface area contributed by atoms with Crippen LogP contribution in [0, 0.1) is 0 Å². The number of fused-ring (bicyclic) bond motifs is 1. The number of aromatic hydroxyl groups is 1. The molecule has 0 fully saturated rings. The minimum atomic E-state index is -0.145. The van der Waals surface area contributed by atoms with Gasteiger partial charge in [-0.25, -0.2) is 0 Å². The van der Waals surface area contributed by atoms with Crippen LogP contribution in [-0.2, 0) is 0 Å². The second-order valence-electron chi connectivity index (χ2n) is 3.97. The van der Waals surface area contributed by atoms with Crippen molar-refractivity contribution in [3.63, 3.8) is 0 Å². The molecule has 0 saturated carbocycles. The number of carbonyl (C=O) groups is 1. The van der Waals surface area contributed by atoms with E-state index in [0.717, 1.165) is 17.2 Å². The number of nitrogens with one attached hydrogen (secondary N) is 1. The molecule has 0 aromatic heterocycles. The zero-order valence-corrected chi connectivity index (χ0v) is 9.73. The zero-order valence-electron chi connectivity index (χ0n) is 9.73. The first-order chi connectivity index (χ1) is 8.22. The monoisotopic (exact) mass is 229 g/mol. The summed E-state index contributed by atoms with van der Waals surface area (Å²) in [6.07, 6.45) is 0.894. The van der Waals surface area contributed by atoms with Crippen LogP contribution in [0.25, 0.3) is 10.8 Å². The maximum atomic E-state index is 11.8. The second kappa shape index (κ2) is 4.87. The molecule has 0 aliphatic rings. The fraction of sp³-hybridized carbons (Fsp3) is 0.214. The van der Waals surface area contributed by atoms with Crippen molar-refractivity contribution in [2.75, 3.05) is 6.54 Å². The van der Waals surface area contributed by atoms with Crippen molar-refractivity contribution in [3.8, 4) is 5.75 Å². The van der Waals surface area contributed by atoms with Crippen molar-refractivity contribution in [2.24, 2.45) is 0 Å². The van der Waals surface area contributed by atoms with Crippen LogP contribution in [0.5, 0.6) is 5.75 Å². The van der Waals surface area contributed by atoms with Gasteiger partial charge >= 0.3 is 0 Å². The second-order valence-corrected chi connectivity index (χ2v) is 3.97. The third-order valence-electron chi connectivity index (χ3n) is 2.64. The van der Waals surface area contributed by atoms with Crippen molar-refractivity contribution in [1.82, 2.24) is 5.32 Å². The largest absolute Gasteiger partial charge is 0.507 e. The molecular formula is C14H15NO2. The third-order valence-corrected chi connectivity index (χ3v) is 2.64. The highest BCUT2D eigenvalue weighted by atomic mass is 16.3. The maximum Gasteiger partial charge on any atom is 0.251 e. The summed E-state index contributed by atoms with van der Waals surface area (Å²) >= 11 is 0. The molecule has 2 aromatic rings. The van der Waals surface area contributed by atoms with E-state index in [2.05, 4.69) is 5.32 Å². The standard InChI is InChI=1S/C14H15NO2/c1-2-7-15-14(17)11-8-10-5-3-4-6-12(10)13(16)9-11/h3-6,8-9,16H,2,7H2,1H3,(H,15,17). The van der Waals surface area contributed by atoms with Crippen molar-refractivity contribution in [3.05, 3.63) is 42.0 Å². The zero-order chi connectivity index (χ0) is 12.3. The lowest BCUT2D eigenvalue weighted by Crippen LogP contribution is -2.23. The maximum absolute atomic E-state index is 11.8. The van der Waals surface area contributed by atoms with Crippen LogP contribution in [0.15, 0.2) is 36.4 Å². The molecule has 0 aliphatic heterocycles. The number of hydrogen-bond acceptors (Lipinski definition) is 2. The lowest BCUT2D eigenvalue weighted by atomic mass is 10.1. The average molecular weight is 229 g/mol. The fourth-order valence-electron chi connectivity index (χ4n) is 1.76. The molecule has 2 N–H and O–H groups in total. The SMILES string of the molecule is CCCNC(=O)c1cc(O)c2ccccc2c1. The topological polar surface area (TPSA) is 49.3 Å². The molecule has 2 rings (SSSR count). The van der Waals surface area contributed by atoms with Crippen LogP contribution < -0.4 is 5.32 Å². The van der Waals surface area contributed by atoms with Gasteiger partial charge in [-0.15, -0.1) is 0 Å². The molecule has 3 heteroatoms. The number of rotatable bonds is 3. The molecule has 0 atom stereocenters. The predicted octanol–water partition coefficient (Wildman–Crippen LogP) is 2.69.